The molecule has 0 bridgehead atoms. The van der Waals surface area contributed by atoms with E-state index in [0.717, 1.165) is 58.9 Å². The number of halogens is 1. The molecule has 36 heavy (non-hydrogen) atoms. The van der Waals surface area contributed by atoms with Crippen LogP contribution < -0.4 is 5.73 Å². The van der Waals surface area contributed by atoms with Crippen LogP contribution >= 0.6 is 0 Å². The molecule has 0 saturated carbocycles. The lowest BCUT2D eigenvalue weighted by molar-refractivity contribution is 0.112. The molecule has 7 nitrogen and oxygen atoms in total. The predicted octanol–water partition coefficient (Wildman–Crippen LogP) is 4.75. The van der Waals surface area contributed by atoms with E-state index < -0.39 is 0 Å². The van der Waals surface area contributed by atoms with E-state index in [9.17, 15) is 4.39 Å². The fraction of sp³-hybridized carbons (Fsp3) is 0.429. The van der Waals surface area contributed by atoms with Gasteiger partial charge in [-0.2, -0.15) is 0 Å². The average Bonchev–Trinajstić information content (AvgIpc) is 2.87. The Bertz CT molecular complexity index is 1240. The summed E-state index contributed by atoms with van der Waals surface area (Å²) < 4.78 is 14.3. The molecule has 1 aliphatic carbocycles. The van der Waals surface area contributed by atoms with Crippen molar-refractivity contribution in [2.75, 3.05) is 32.5 Å². The van der Waals surface area contributed by atoms with Crippen LogP contribution in [0.5, 0.6) is 0 Å². The number of aryl methyl sites for hydroxylation is 1. The number of aromatic nitrogens is 3. The average molecular weight is 489 g/mol. The molecule has 0 spiro atoms. The van der Waals surface area contributed by atoms with Crippen molar-refractivity contribution in [1.29, 1.82) is 0 Å². The second kappa shape index (κ2) is 10.7. The van der Waals surface area contributed by atoms with E-state index in [2.05, 4.69) is 32.1 Å². The van der Waals surface area contributed by atoms with Gasteiger partial charge in [0.15, 0.2) is 0 Å². The lowest BCUT2D eigenvalue weighted by atomic mass is 9.78. The van der Waals surface area contributed by atoms with Crippen molar-refractivity contribution >= 4 is 11.7 Å². The number of nitrogens with two attached hydrogens (primary N) is 1. The van der Waals surface area contributed by atoms with Crippen molar-refractivity contribution in [2.24, 2.45) is 11.1 Å². The molecule has 1 saturated heterocycles. The predicted molar refractivity (Wildman–Crippen MR) is 139 cm³/mol. The zero-order chi connectivity index (χ0) is 25.1. The van der Waals surface area contributed by atoms with Gasteiger partial charge in [0.1, 0.15) is 12.4 Å². The number of anilines is 1. The van der Waals surface area contributed by atoms with E-state index >= 15 is 0 Å². The van der Waals surface area contributed by atoms with Gasteiger partial charge in [-0.25, -0.2) is 14.4 Å². The number of likely N-dealkylation sites (tertiary alicyclic amines) is 1. The van der Waals surface area contributed by atoms with Crippen LogP contribution in [0.2, 0.25) is 0 Å². The number of fused-ring (bicyclic) bond motifs is 1. The number of nitrogens with zero attached hydrogens (tertiary/aromatic N) is 5. The molecule has 0 amide bonds. The largest absolute Gasteiger partial charge is 0.396 e. The molecule has 0 radical (unpaired) electrons. The Morgan fingerprint density at radius 1 is 1.17 bits per heavy atom. The molecule has 1 aromatic carbocycles. The van der Waals surface area contributed by atoms with Crippen molar-refractivity contribution in [1.82, 2.24) is 19.9 Å². The molecule has 2 aliphatic rings. The molecule has 1 aliphatic heterocycles. The highest BCUT2D eigenvalue weighted by molar-refractivity contribution is 6.03. The molecule has 2 aromatic heterocycles. The summed E-state index contributed by atoms with van der Waals surface area (Å²) in [5.74, 6) is 0.695. The summed E-state index contributed by atoms with van der Waals surface area (Å²) in [5.41, 5.74) is 12.2. The molecule has 8 heteroatoms. The summed E-state index contributed by atoms with van der Waals surface area (Å²) in [6, 6.07) is 8.77. The van der Waals surface area contributed by atoms with Crippen molar-refractivity contribution in [3.63, 3.8) is 0 Å². The zero-order valence-corrected chi connectivity index (χ0v) is 21.0. The first kappa shape index (κ1) is 24.3. The van der Waals surface area contributed by atoms with E-state index in [1.54, 1.807) is 18.5 Å². The van der Waals surface area contributed by atoms with Crippen molar-refractivity contribution in [3.05, 3.63) is 71.1 Å². The first-order valence-electron chi connectivity index (χ1n) is 12.7. The third-order valence-electron chi connectivity index (χ3n) is 7.41. The maximum atomic E-state index is 14.3. The SMILES string of the molecule is Cc1nc(N)nc2c1/C(=N/OCCC1CCN(C)CC1)CC(c1ccc(F)cc1-c1cccnc1)C2. The summed E-state index contributed by atoms with van der Waals surface area (Å²) in [6.07, 6.45) is 8.20. The van der Waals surface area contributed by atoms with Gasteiger partial charge in [-0.1, -0.05) is 17.3 Å². The first-order chi connectivity index (χ1) is 17.5. The van der Waals surface area contributed by atoms with Crippen LogP contribution in [0, 0.1) is 18.7 Å². The van der Waals surface area contributed by atoms with E-state index in [1.807, 2.05) is 25.1 Å². The molecular formula is C28H33FN6O. The molecule has 1 atom stereocenters. The van der Waals surface area contributed by atoms with Crippen LogP contribution in [-0.4, -0.2) is 52.3 Å². The summed E-state index contributed by atoms with van der Waals surface area (Å²) in [4.78, 5) is 21.5. The highest BCUT2D eigenvalue weighted by Gasteiger charge is 2.30. The molecule has 1 unspecified atom stereocenters. The molecule has 1 fully saturated rings. The van der Waals surface area contributed by atoms with Gasteiger partial charge in [0.2, 0.25) is 5.95 Å². The number of oxime groups is 1. The van der Waals surface area contributed by atoms with E-state index in [4.69, 9.17) is 10.6 Å². The Morgan fingerprint density at radius 2 is 2.00 bits per heavy atom. The first-order valence-corrected chi connectivity index (χ1v) is 12.7. The van der Waals surface area contributed by atoms with Crippen molar-refractivity contribution in [3.8, 4) is 11.1 Å². The van der Waals surface area contributed by atoms with E-state index in [-0.39, 0.29) is 17.7 Å². The monoisotopic (exact) mass is 488 g/mol. The van der Waals surface area contributed by atoms with Crippen LogP contribution in [0.25, 0.3) is 11.1 Å². The lowest BCUT2D eigenvalue weighted by Gasteiger charge is -2.29. The molecule has 3 aromatic rings. The van der Waals surface area contributed by atoms with Crippen LogP contribution in [0.4, 0.5) is 10.3 Å². The number of hydrogen-bond acceptors (Lipinski definition) is 7. The Balaban J connectivity index is 1.42. The Labute approximate surface area is 211 Å². The normalized spacial score (nSPS) is 19.9. The van der Waals surface area contributed by atoms with Crippen LogP contribution in [0.1, 0.15) is 54.1 Å². The highest BCUT2D eigenvalue weighted by atomic mass is 19.1. The Morgan fingerprint density at radius 3 is 2.78 bits per heavy atom. The summed E-state index contributed by atoms with van der Waals surface area (Å²) >= 11 is 0. The van der Waals surface area contributed by atoms with Crippen LogP contribution in [-0.2, 0) is 11.3 Å². The number of benzene rings is 1. The van der Waals surface area contributed by atoms with Gasteiger partial charge in [-0.05, 0) is 93.9 Å². The quantitative estimate of drug-likeness (QED) is 0.398. The number of rotatable bonds is 6. The van der Waals surface area contributed by atoms with Gasteiger partial charge in [0.05, 0.1) is 17.1 Å². The number of hydrogen-bond donors (Lipinski definition) is 1. The van der Waals surface area contributed by atoms with Gasteiger partial charge >= 0.3 is 0 Å². The Kier molecular flexibility index (Phi) is 7.23. The second-order valence-electron chi connectivity index (χ2n) is 9.97. The minimum atomic E-state index is -0.276. The number of nitrogen functional groups attached to an aromatic ring is 1. The van der Waals surface area contributed by atoms with E-state index in [0.29, 0.717) is 25.4 Å². The topological polar surface area (TPSA) is 89.5 Å². The molecule has 188 valence electrons. The standard InChI is InChI=1S/C28H33FN6O/c1-18-27-25(33-28(30)32-18)14-21(15-26(27)34-36-13-9-19-7-11-35(2)12-8-19)23-6-5-22(29)16-24(23)20-4-3-10-31-17-20/h3-6,10,16-17,19,21H,7-9,11-15H2,1-2H3,(H2,30,32,33)/b34-26+. The van der Waals surface area contributed by atoms with Crippen LogP contribution in [0.3, 0.4) is 0 Å². The van der Waals surface area contributed by atoms with Crippen LogP contribution in [0.15, 0.2) is 47.9 Å². The van der Waals surface area contributed by atoms with Crippen molar-refractivity contribution in [2.45, 2.75) is 44.9 Å². The second-order valence-corrected chi connectivity index (χ2v) is 9.97. The minimum Gasteiger partial charge on any atom is -0.396 e. The maximum absolute atomic E-state index is 14.3. The van der Waals surface area contributed by atoms with Gasteiger partial charge in [-0.15, -0.1) is 0 Å². The molecule has 3 heterocycles. The summed E-state index contributed by atoms with van der Waals surface area (Å²) in [7, 11) is 2.17. The fourth-order valence-corrected chi connectivity index (χ4v) is 5.47. The van der Waals surface area contributed by atoms with Gasteiger partial charge in [0, 0.05) is 29.9 Å². The highest BCUT2D eigenvalue weighted by Crippen LogP contribution is 2.38. The Hall–Kier alpha value is -3.39. The van der Waals surface area contributed by atoms with Gasteiger partial charge in [0.25, 0.3) is 0 Å². The maximum Gasteiger partial charge on any atom is 0.220 e. The van der Waals surface area contributed by atoms with E-state index in [1.165, 1.54) is 18.9 Å². The molecule has 2 N–H and O–H groups in total. The third-order valence-corrected chi connectivity index (χ3v) is 7.41. The summed E-state index contributed by atoms with van der Waals surface area (Å²) in [5, 5.41) is 4.61. The molecule has 5 rings (SSSR count). The smallest absolute Gasteiger partial charge is 0.220 e. The third kappa shape index (κ3) is 5.38. The van der Waals surface area contributed by atoms with Crippen molar-refractivity contribution < 1.29 is 9.23 Å². The lowest BCUT2D eigenvalue weighted by Crippen LogP contribution is -2.30. The van der Waals surface area contributed by atoms with Gasteiger partial charge < -0.3 is 15.5 Å². The fourth-order valence-electron chi connectivity index (χ4n) is 5.47. The zero-order valence-electron chi connectivity index (χ0n) is 21.0. The molecular weight excluding hydrogens is 455 g/mol. The number of piperidine rings is 1. The minimum absolute atomic E-state index is 0.0400. The van der Waals surface area contributed by atoms with Gasteiger partial charge in [-0.3, -0.25) is 4.98 Å². The number of pyridine rings is 1. The summed E-state index contributed by atoms with van der Waals surface area (Å²) in [6.45, 7) is 4.81.